The lowest BCUT2D eigenvalue weighted by Crippen LogP contribution is -2.46. The number of aliphatic hydroxyl groups is 5. The van der Waals surface area contributed by atoms with Crippen molar-refractivity contribution in [3.05, 3.63) is 0 Å². The van der Waals surface area contributed by atoms with Crippen LogP contribution in [0.5, 0.6) is 0 Å². The Morgan fingerprint density at radius 2 is 1.58 bits per heavy atom. The normalized spacial score (nSPS) is 21.1. The minimum atomic E-state index is -1.79. The minimum absolute atomic E-state index is 0.0258. The summed E-state index contributed by atoms with van der Waals surface area (Å²) in [4.78, 5) is 9.90. The molecule has 0 saturated heterocycles. The highest BCUT2D eigenvalue weighted by Crippen LogP contribution is 2.02. The number of hydrogen-bond acceptors (Lipinski definition) is 6. The van der Waals surface area contributed by atoms with E-state index in [0.717, 1.165) is 0 Å². The van der Waals surface area contributed by atoms with Gasteiger partial charge in [-0.2, -0.15) is 0 Å². The summed E-state index contributed by atoms with van der Waals surface area (Å²) in [6, 6.07) is 0. The van der Waals surface area contributed by atoms with E-state index in [1.807, 2.05) is 0 Å². The van der Waals surface area contributed by atoms with Gasteiger partial charge in [0.25, 0.3) is 0 Å². The smallest absolute Gasteiger partial charge is 0.151 e. The van der Waals surface area contributed by atoms with Gasteiger partial charge in [-0.3, -0.25) is 0 Å². The molecule has 0 radical (unpaired) electrons. The third-order valence-electron chi connectivity index (χ3n) is 1.42. The van der Waals surface area contributed by atoms with Crippen LogP contribution < -0.4 is 0 Å². The number of carbonyl (C=O) groups is 1. The summed E-state index contributed by atoms with van der Waals surface area (Å²) >= 11 is 0. The Morgan fingerprint density at radius 1 is 1.08 bits per heavy atom. The summed E-state index contributed by atoms with van der Waals surface area (Å²) in [5.41, 5.74) is 0. The predicted molar refractivity (Wildman–Crippen MR) is 37.2 cm³/mol. The van der Waals surface area contributed by atoms with E-state index in [1.165, 1.54) is 0 Å². The van der Waals surface area contributed by atoms with Gasteiger partial charge in [-0.25, -0.2) is 0 Å². The van der Waals surface area contributed by atoms with Crippen LogP contribution in [0.15, 0.2) is 0 Å². The molecule has 0 aromatic carbocycles. The van der Waals surface area contributed by atoms with Crippen molar-refractivity contribution in [2.75, 3.05) is 6.61 Å². The first-order valence-electron chi connectivity index (χ1n) is 3.33. The molecule has 6 nitrogen and oxygen atoms in total. The molecular formula is C6H12O6. The van der Waals surface area contributed by atoms with E-state index in [9.17, 15) is 4.79 Å². The summed E-state index contributed by atoms with van der Waals surface area (Å²) in [5.74, 6) is 0. The summed E-state index contributed by atoms with van der Waals surface area (Å²) < 4.78 is 0. The maximum absolute atomic E-state index is 9.90. The van der Waals surface area contributed by atoms with Gasteiger partial charge >= 0.3 is 0 Å². The van der Waals surface area contributed by atoms with Crippen LogP contribution >= 0.6 is 0 Å². The molecule has 0 aliphatic rings. The minimum Gasteiger partial charge on any atom is -0.394 e. The predicted octanol–water partition coefficient (Wildman–Crippen LogP) is -3.38. The molecule has 0 amide bonds. The van der Waals surface area contributed by atoms with Crippen molar-refractivity contribution in [2.45, 2.75) is 24.4 Å². The van der Waals surface area contributed by atoms with Crippen LogP contribution in [0.3, 0.4) is 0 Å². The largest absolute Gasteiger partial charge is 0.394 e. The second-order valence-electron chi connectivity index (χ2n) is 2.36. The van der Waals surface area contributed by atoms with Crippen LogP contribution in [0.2, 0.25) is 0 Å². The van der Waals surface area contributed by atoms with Crippen LogP contribution in [-0.2, 0) is 4.79 Å². The molecule has 0 rings (SSSR count). The van der Waals surface area contributed by atoms with Gasteiger partial charge in [0, 0.05) is 0 Å². The van der Waals surface area contributed by atoms with Gasteiger partial charge in [-0.1, -0.05) is 0 Å². The van der Waals surface area contributed by atoms with E-state index in [0.29, 0.717) is 0 Å². The van der Waals surface area contributed by atoms with Crippen molar-refractivity contribution >= 4 is 6.29 Å². The van der Waals surface area contributed by atoms with Crippen molar-refractivity contribution in [3.8, 4) is 0 Å². The van der Waals surface area contributed by atoms with Gasteiger partial charge in [0.05, 0.1) is 6.61 Å². The van der Waals surface area contributed by atoms with E-state index < -0.39 is 31.0 Å². The average Bonchev–Trinajstić information content (AvgIpc) is 2.12. The Morgan fingerprint density at radius 3 is 1.92 bits per heavy atom. The highest BCUT2D eigenvalue weighted by Gasteiger charge is 2.29. The lowest BCUT2D eigenvalue weighted by molar-refractivity contribution is -0.136. The van der Waals surface area contributed by atoms with Gasteiger partial charge in [0.1, 0.15) is 24.4 Å². The molecule has 0 aliphatic carbocycles. The van der Waals surface area contributed by atoms with Crippen molar-refractivity contribution in [1.29, 1.82) is 0 Å². The maximum atomic E-state index is 9.90. The van der Waals surface area contributed by atoms with Crippen LogP contribution in [0.1, 0.15) is 0 Å². The molecule has 5 N–H and O–H groups in total. The number of aliphatic hydroxyl groups excluding tert-OH is 5. The van der Waals surface area contributed by atoms with Crippen LogP contribution in [0, 0.1) is 0 Å². The van der Waals surface area contributed by atoms with Crippen LogP contribution in [-0.4, -0.2) is 62.8 Å². The van der Waals surface area contributed by atoms with Gasteiger partial charge in [0.2, 0.25) is 0 Å². The standard InChI is InChI=1S/C6H12O6/c7-1-3(9)5(11)6(12)4(10)2-8/h1,3-6,8-12H,2H2/t3-,4+,5-,6+/m0/s1/i1+1,2+1,3+1,4+1,5+1,6+1. The molecule has 0 saturated carbocycles. The van der Waals surface area contributed by atoms with E-state index in [2.05, 4.69) is 0 Å². The lowest BCUT2D eigenvalue weighted by Gasteiger charge is -2.22. The fourth-order valence-electron chi connectivity index (χ4n) is 0.618. The van der Waals surface area contributed by atoms with Crippen molar-refractivity contribution < 1.29 is 30.3 Å². The molecule has 0 aliphatic heterocycles. The van der Waals surface area contributed by atoms with E-state index in [-0.39, 0.29) is 6.29 Å². The average molecular weight is 186 g/mol. The van der Waals surface area contributed by atoms with E-state index in [1.54, 1.807) is 0 Å². The van der Waals surface area contributed by atoms with Gasteiger partial charge in [0.15, 0.2) is 6.29 Å². The molecule has 0 unspecified atom stereocenters. The topological polar surface area (TPSA) is 118 Å². The zero-order valence-corrected chi connectivity index (χ0v) is 6.24. The first-order chi connectivity index (χ1) is 5.54. The van der Waals surface area contributed by atoms with Crippen LogP contribution in [0.25, 0.3) is 0 Å². The van der Waals surface area contributed by atoms with E-state index in [4.69, 9.17) is 25.5 Å². The Bertz CT molecular complexity index is 138. The van der Waals surface area contributed by atoms with Gasteiger partial charge in [-0.15, -0.1) is 0 Å². The second kappa shape index (κ2) is 5.18. The fraction of sp³-hybridized carbons (Fsp3) is 0.833. The molecule has 0 bridgehead atoms. The number of carbonyl (C=O) groups excluding carboxylic acids is 1. The van der Waals surface area contributed by atoms with Gasteiger partial charge in [-0.05, 0) is 0 Å². The lowest BCUT2D eigenvalue weighted by atomic mass is 11.0. The van der Waals surface area contributed by atoms with Crippen molar-refractivity contribution in [3.63, 3.8) is 0 Å². The molecular weight excluding hydrogens is 174 g/mol. The summed E-state index contributed by atoms with van der Waals surface area (Å²) in [5, 5.41) is 43.5. The molecule has 4 atom stereocenters. The SMILES string of the molecule is O=[13CH][13C@H](O)[13C@H](O)[13C@H](O)[13C@H](O)[13CH2]O. The monoisotopic (exact) mass is 186 g/mol. The molecule has 0 fully saturated rings. The first kappa shape index (κ1) is 11.5. The second-order valence-corrected chi connectivity index (χ2v) is 2.36. The van der Waals surface area contributed by atoms with Crippen molar-refractivity contribution in [1.82, 2.24) is 0 Å². The van der Waals surface area contributed by atoms with Crippen molar-refractivity contribution in [2.24, 2.45) is 0 Å². The summed E-state index contributed by atoms with van der Waals surface area (Å²) in [7, 11) is 0. The molecule has 0 spiro atoms. The maximum Gasteiger partial charge on any atom is 0.151 e. The first-order valence-corrected chi connectivity index (χ1v) is 3.33. The highest BCUT2D eigenvalue weighted by molar-refractivity contribution is 5.56. The summed E-state index contributed by atoms with van der Waals surface area (Å²) in [6.45, 7) is -0.760. The fourth-order valence-corrected chi connectivity index (χ4v) is 0.618. The Balaban J connectivity index is 4.07. The number of aldehydes is 1. The van der Waals surface area contributed by atoms with Gasteiger partial charge < -0.3 is 30.3 Å². The third kappa shape index (κ3) is 2.84. The third-order valence-corrected chi connectivity index (χ3v) is 1.42. The molecule has 0 heterocycles. The quantitative estimate of drug-likeness (QED) is 0.226. The van der Waals surface area contributed by atoms with E-state index >= 15 is 0 Å². The number of rotatable bonds is 5. The zero-order chi connectivity index (χ0) is 9.72. The molecule has 0 aromatic rings. The molecule has 72 valence electrons. The Kier molecular flexibility index (Phi) is 4.95. The highest BCUT2D eigenvalue weighted by atomic mass is 16.6. The van der Waals surface area contributed by atoms with Crippen LogP contribution in [0.4, 0.5) is 0 Å². The Labute approximate surface area is 68.7 Å². The Hall–Kier alpha value is -0.530. The molecule has 0 aromatic heterocycles. The zero-order valence-electron chi connectivity index (χ0n) is 6.24. The number of hydrogen-bond donors (Lipinski definition) is 5. The summed E-state index contributed by atoms with van der Waals surface area (Å²) in [6.07, 6.45) is -6.84. The molecule has 12 heavy (non-hydrogen) atoms. The molecule has 6 heteroatoms.